The molecule has 0 aromatic heterocycles. The lowest BCUT2D eigenvalue weighted by Crippen LogP contribution is -2.46. The van der Waals surface area contributed by atoms with Crippen LogP contribution in [-0.2, 0) is 9.53 Å². The molecule has 0 fully saturated rings. The van der Waals surface area contributed by atoms with Gasteiger partial charge in [-0.1, -0.05) is 28.1 Å². The zero-order valence-corrected chi connectivity index (χ0v) is 13.5. The monoisotopic (exact) mass is 359 g/mol. The maximum atomic E-state index is 11.7. The molecule has 6 nitrogen and oxygen atoms in total. The number of benzene rings is 1. The van der Waals surface area contributed by atoms with Gasteiger partial charge in [0.25, 0.3) is 0 Å². The molecule has 0 aliphatic rings. The molecule has 116 valence electrons. The number of carbonyl (C=O) groups is 2. The lowest BCUT2D eigenvalue weighted by molar-refractivity contribution is -0.142. The van der Waals surface area contributed by atoms with Crippen molar-refractivity contribution < 1.29 is 24.5 Å². The lowest BCUT2D eigenvalue weighted by atomic mass is 10.0. The Morgan fingerprint density at radius 1 is 1.33 bits per heavy atom. The third-order valence-corrected chi connectivity index (χ3v) is 2.94. The van der Waals surface area contributed by atoms with Gasteiger partial charge in [0.05, 0.1) is 0 Å². The molecule has 1 amide bonds. The summed E-state index contributed by atoms with van der Waals surface area (Å²) >= 11 is 3.24. The van der Waals surface area contributed by atoms with Crippen LogP contribution in [-0.4, -0.2) is 33.9 Å². The van der Waals surface area contributed by atoms with Crippen LogP contribution in [0.15, 0.2) is 28.7 Å². The Morgan fingerprint density at radius 2 is 1.95 bits per heavy atom. The first-order chi connectivity index (χ1) is 9.60. The number of carboxylic acids is 1. The molecule has 3 N–H and O–H groups in total. The average molecular weight is 360 g/mol. The molecule has 0 bridgehead atoms. The van der Waals surface area contributed by atoms with Crippen LogP contribution >= 0.6 is 15.9 Å². The Morgan fingerprint density at radius 3 is 2.43 bits per heavy atom. The third-order valence-electron chi connectivity index (χ3n) is 2.44. The van der Waals surface area contributed by atoms with Crippen LogP contribution in [0.2, 0.25) is 0 Å². The lowest BCUT2D eigenvalue weighted by Gasteiger charge is -2.24. The molecule has 0 aliphatic carbocycles. The van der Waals surface area contributed by atoms with E-state index in [9.17, 15) is 19.8 Å². The number of aliphatic hydroxyl groups is 1. The fourth-order valence-corrected chi connectivity index (χ4v) is 2.01. The average Bonchev–Trinajstić information content (AvgIpc) is 2.32. The van der Waals surface area contributed by atoms with E-state index in [4.69, 9.17) is 4.74 Å². The van der Waals surface area contributed by atoms with Crippen molar-refractivity contribution in [2.45, 2.75) is 38.5 Å². The number of hydrogen-bond donors (Lipinski definition) is 3. The number of hydrogen-bond acceptors (Lipinski definition) is 4. The van der Waals surface area contributed by atoms with Gasteiger partial charge < -0.3 is 20.3 Å². The molecule has 21 heavy (non-hydrogen) atoms. The van der Waals surface area contributed by atoms with E-state index in [-0.39, 0.29) is 0 Å². The van der Waals surface area contributed by atoms with Gasteiger partial charge in [0, 0.05) is 4.47 Å². The van der Waals surface area contributed by atoms with Crippen LogP contribution in [0, 0.1) is 0 Å². The van der Waals surface area contributed by atoms with Gasteiger partial charge in [-0.3, -0.25) is 0 Å². The van der Waals surface area contributed by atoms with E-state index in [0.717, 1.165) is 0 Å². The van der Waals surface area contributed by atoms with Gasteiger partial charge in [0.15, 0.2) is 6.04 Å². The molecule has 0 aliphatic heterocycles. The summed E-state index contributed by atoms with van der Waals surface area (Å²) in [4.78, 5) is 22.9. The third kappa shape index (κ3) is 5.73. The Kier molecular flexibility index (Phi) is 5.74. The van der Waals surface area contributed by atoms with Crippen LogP contribution in [0.5, 0.6) is 0 Å². The first kappa shape index (κ1) is 17.5. The summed E-state index contributed by atoms with van der Waals surface area (Å²) in [7, 11) is 0. The SMILES string of the molecule is CC(C)(C)OC(=O)N[C@@H](C(=O)O)[C@H](O)c1cccc(Br)c1. The smallest absolute Gasteiger partial charge is 0.408 e. The Balaban J connectivity index is 2.87. The summed E-state index contributed by atoms with van der Waals surface area (Å²) in [5, 5.41) is 21.5. The van der Waals surface area contributed by atoms with Crippen molar-refractivity contribution >= 4 is 28.0 Å². The highest BCUT2D eigenvalue weighted by atomic mass is 79.9. The molecule has 1 rings (SSSR count). The van der Waals surface area contributed by atoms with Crippen molar-refractivity contribution in [3.05, 3.63) is 34.3 Å². The molecule has 1 aromatic rings. The summed E-state index contributed by atoms with van der Waals surface area (Å²) in [5.74, 6) is -1.35. The van der Waals surface area contributed by atoms with E-state index in [1.807, 2.05) is 0 Å². The van der Waals surface area contributed by atoms with Crippen LogP contribution < -0.4 is 5.32 Å². The van der Waals surface area contributed by atoms with Gasteiger partial charge in [0.2, 0.25) is 0 Å². The molecule has 1 aromatic carbocycles. The minimum Gasteiger partial charge on any atom is -0.480 e. The van der Waals surface area contributed by atoms with Gasteiger partial charge in [-0.25, -0.2) is 9.59 Å². The minimum absolute atomic E-state index is 0.368. The van der Waals surface area contributed by atoms with E-state index in [0.29, 0.717) is 10.0 Å². The van der Waals surface area contributed by atoms with E-state index in [2.05, 4.69) is 21.2 Å². The molecule has 0 unspecified atom stereocenters. The number of amides is 1. The second-order valence-corrected chi connectivity index (χ2v) is 6.38. The Labute approximate surface area is 131 Å². The van der Waals surface area contributed by atoms with Crippen LogP contribution in [0.1, 0.15) is 32.4 Å². The van der Waals surface area contributed by atoms with E-state index >= 15 is 0 Å². The molecular weight excluding hydrogens is 342 g/mol. The maximum absolute atomic E-state index is 11.7. The number of aliphatic hydroxyl groups excluding tert-OH is 1. The second-order valence-electron chi connectivity index (χ2n) is 5.46. The van der Waals surface area contributed by atoms with Gasteiger partial charge in [0.1, 0.15) is 11.7 Å². The number of rotatable bonds is 4. The first-order valence-corrected chi connectivity index (χ1v) is 7.05. The molecule has 2 atom stereocenters. The quantitative estimate of drug-likeness (QED) is 0.767. The second kappa shape index (κ2) is 6.91. The van der Waals surface area contributed by atoms with Crippen LogP contribution in [0.25, 0.3) is 0 Å². The number of nitrogens with one attached hydrogen (secondary N) is 1. The van der Waals surface area contributed by atoms with Crippen molar-refractivity contribution in [1.29, 1.82) is 0 Å². The standard InChI is InChI=1S/C14H18BrNO5/c1-14(2,3)21-13(20)16-10(12(18)19)11(17)8-5-4-6-9(15)7-8/h4-7,10-11,17H,1-3H3,(H,16,20)(H,18,19)/t10-,11-/m1/s1. The normalized spacial score (nSPS) is 14.1. The fourth-order valence-electron chi connectivity index (χ4n) is 1.59. The molecule has 0 radical (unpaired) electrons. The van der Waals surface area contributed by atoms with Crippen molar-refractivity contribution in [3.63, 3.8) is 0 Å². The number of carbonyl (C=O) groups excluding carboxylic acids is 1. The largest absolute Gasteiger partial charge is 0.480 e. The molecule has 0 heterocycles. The topological polar surface area (TPSA) is 95.9 Å². The summed E-state index contributed by atoms with van der Waals surface area (Å²) < 4.78 is 5.69. The number of carboxylic acid groups (broad SMARTS) is 1. The summed E-state index contributed by atoms with van der Waals surface area (Å²) in [5.41, 5.74) is -0.388. The minimum atomic E-state index is -1.51. The summed E-state index contributed by atoms with van der Waals surface area (Å²) in [6.07, 6.45) is -2.29. The van der Waals surface area contributed by atoms with Crippen molar-refractivity contribution in [2.24, 2.45) is 0 Å². The van der Waals surface area contributed by atoms with Gasteiger partial charge >= 0.3 is 12.1 Å². The highest BCUT2D eigenvalue weighted by Gasteiger charge is 2.31. The maximum Gasteiger partial charge on any atom is 0.408 e. The zero-order chi connectivity index (χ0) is 16.2. The van der Waals surface area contributed by atoms with Gasteiger partial charge in [-0.15, -0.1) is 0 Å². The van der Waals surface area contributed by atoms with E-state index in [1.165, 1.54) is 0 Å². The molecule has 0 saturated carbocycles. The highest BCUT2D eigenvalue weighted by Crippen LogP contribution is 2.21. The molecule has 0 spiro atoms. The van der Waals surface area contributed by atoms with Crippen molar-refractivity contribution in [3.8, 4) is 0 Å². The predicted octanol–water partition coefficient (Wildman–Crippen LogP) is 2.46. The molecule has 7 heteroatoms. The van der Waals surface area contributed by atoms with Gasteiger partial charge in [-0.05, 0) is 38.5 Å². The zero-order valence-electron chi connectivity index (χ0n) is 12.0. The van der Waals surface area contributed by atoms with Crippen molar-refractivity contribution in [2.75, 3.05) is 0 Å². The van der Waals surface area contributed by atoms with E-state index < -0.39 is 29.8 Å². The first-order valence-electron chi connectivity index (χ1n) is 6.26. The highest BCUT2D eigenvalue weighted by molar-refractivity contribution is 9.10. The Hall–Kier alpha value is -1.60. The summed E-state index contributed by atoms with van der Waals surface area (Å²) in [6, 6.07) is 5.05. The Bertz CT molecular complexity index is 526. The number of alkyl carbamates (subject to hydrolysis) is 1. The number of ether oxygens (including phenoxy) is 1. The molecule has 0 saturated heterocycles. The van der Waals surface area contributed by atoms with Crippen LogP contribution in [0.4, 0.5) is 4.79 Å². The predicted molar refractivity (Wildman–Crippen MR) is 79.9 cm³/mol. The van der Waals surface area contributed by atoms with E-state index in [1.54, 1.807) is 45.0 Å². The van der Waals surface area contributed by atoms with Crippen LogP contribution in [0.3, 0.4) is 0 Å². The number of aliphatic carboxylic acids is 1. The number of halogens is 1. The van der Waals surface area contributed by atoms with Gasteiger partial charge in [-0.2, -0.15) is 0 Å². The molecular formula is C14H18BrNO5. The summed E-state index contributed by atoms with van der Waals surface area (Å²) in [6.45, 7) is 4.98. The van der Waals surface area contributed by atoms with Crippen molar-refractivity contribution in [1.82, 2.24) is 5.32 Å². The fraction of sp³-hybridized carbons (Fsp3) is 0.429.